The summed E-state index contributed by atoms with van der Waals surface area (Å²) in [6, 6.07) is 10.1. The average molecular weight is 284 g/mol. The normalized spacial score (nSPS) is 18.8. The van der Waals surface area contributed by atoms with E-state index in [1.165, 1.54) is 11.1 Å². The minimum absolute atomic E-state index is 0.0522. The van der Waals surface area contributed by atoms with Gasteiger partial charge in [0.05, 0.1) is 12.6 Å². The summed E-state index contributed by atoms with van der Waals surface area (Å²) in [5.74, 6) is 0.0594. The molecule has 5 heteroatoms. The Hall–Kier alpha value is -2.14. The van der Waals surface area contributed by atoms with Crippen molar-refractivity contribution in [3.8, 4) is 0 Å². The van der Waals surface area contributed by atoms with Crippen LogP contribution in [0.25, 0.3) is 0 Å². The number of nitrogens with one attached hydrogen (secondary N) is 2. The Bertz CT molecular complexity index is 608. The van der Waals surface area contributed by atoms with Gasteiger partial charge in [-0.15, -0.1) is 0 Å². The Kier molecular flexibility index (Phi) is 4.01. The SMILES string of the molecule is CC(Cn1cccn1)NC(=O)[C@H]1Cc2ccccc2CN1. The van der Waals surface area contributed by atoms with Crippen LogP contribution in [0.4, 0.5) is 0 Å². The van der Waals surface area contributed by atoms with Crippen LogP contribution in [0.1, 0.15) is 18.1 Å². The summed E-state index contributed by atoms with van der Waals surface area (Å²) in [5.41, 5.74) is 2.54. The molecular formula is C16H20N4O. The fourth-order valence-electron chi connectivity index (χ4n) is 2.72. The van der Waals surface area contributed by atoms with Crippen molar-refractivity contribution in [3.05, 3.63) is 53.9 Å². The number of hydrogen-bond donors (Lipinski definition) is 2. The summed E-state index contributed by atoms with van der Waals surface area (Å²) in [6.07, 6.45) is 4.39. The van der Waals surface area contributed by atoms with E-state index in [0.29, 0.717) is 6.54 Å². The first-order valence-corrected chi connectivity index (χ1v) is 7.30. The molecule has 1 aliphatic rings. The molecule has 1 aromatic carbocycles. The van der Waals surface area contributed by atoms with Gasteiger partial charge in [0.2, 0.25) is 5.91 Å². The lowest BCUT2D eigenvalue weighted by Gasteiger charge is -2.26. The molecule has 0 radical (unpaired) electrons. The van der Waals surface area contributed by atoms with Crippen molar-refractivity contribution >= 4 is 5.91 Å². The highest BCUT2D eigenvalue weighted by atomic mass is 16.2. The second-order valence-electron chi connectivity index (χ2n) is 5.54. The lowest BCUT2D eigenvalue weighted by Crippen LogP contribution is -2.50. The summed E-state index contributed by atoms with van der Waals surface area (Å²) in [6.45, 7) is 3.43. The first kappa shape index (κ1) is 13.8. The molecular weight excluding hydrogens is 264 g/mol. The molecule has 2 atom stereocenters. The number of rotatable bonds is 4. The largest absolute Gasteiger partial charge is 0.350 e. The Balaban J connectivity index is 1.56. The number of carbonyl (C=O) groups excluding carboxylic acids is 1. The molecule has 1 amide bonds. The van der Waals surface area contributed by atoms with Crippen molar-refractivity contribution in [2.75, 3.05) is 0 Å². The van der Waals surface area contributed by atoms with Gasteiger partial charge in [0, 0.05) is 25.0 Å². The third-order valence-corrected chi connectivity index (χ3v) is 3.81. The van der Waals surface area contributed by atoms with Crippen molar-refractivity contribution in [3.63, 3.8) is 0 Å². The third-order valence-electron chi connectivity index (χ3n) is 3.81. The van der Waals surface area contributed by atoms with Gasteiger partial charge in [-0.1, -0.05) is 24.3 Å². The fraction of sp³-hybridized carbons (Fsp3) is 0.375. The minimum Gasteiger partial charge on any atom is -0.350 e. The monoisotopic (exact) mass is 284 g/mol. The molecule has 1 aromatic heterocycles. The van der Waals surface area contributed by atoms with Crippen LogP contribution in [0.3, 0.4) is 0 Å². The summed E-state index contributed by atoms with van der Waals surface area (Å²) < 4.78 is 1.83. The molecule has 0 spiro atoms. The van der Waals surface area contributed by atoms with Gasteiger partial charge in [-0.2, -0.15) is 5.10 Å². The zero-order valence-electron chi connectivity index (χ0n) is 12.1. The lowest BCUT2D eigenvalue weighted by molar-refractivity contribution is -0.124. The third kappa shape index (κ3) is 3.31. The van der Waals surface area contributed by atoms with Crippen LogP contribution in [0.15, 0.2) is 42.7 Å². The van der Waals surface area contributed by atoms with E-state index in [9.17, 15) is 4.79 Å². The Morgan fingerprint density at radius 2 is 2.24 bits per heavy atom. The molecule has 3 rings (SSSR count). The molecule has 1 unspecified atom stereocenters. The summed E-state index contributed by atoms with van der Waals surface area (Å²) in [4.78, 5) is 12.3. The maximum atomic E-state index is 12.3. The molecule has 110 valence electrons. The van der Waals surface area contributed by atoms with Gasteiger partial charge in [-0.25, -0.2) is 0 Å². The molecule has 2 aromatic rings. The quantitative estimate of drug-likeness (QED) is 0.884. The standard InChI is InChI=1S/C16H20N4O/c1-12(11-20-8-4-7-18-20)19-16(21)15-9-13-5-2-3-6-14(13)10-17-15/h2-8,12,15,17H,9-11H2,1H3,(H,19,21)/t12?,15-/m1/s1. The molecule has 2 heterocycles. The average Bonchev–Trinajstić information content (AvgIpc) is 2.99. The highest BCUT2D eigenvalue weighted by Gasteiger charge is 2.24. The zero-order valence-corrected chi connectivity index (χ0v) is 12.1. The minimum atomic E-state index is -0.153. The van der Waals surface area contributed by atoms with E-state index in [0.717, 1.165) is 13.0 Å². The number of aromatic nitrogens is 2. The number of amides is 1. The van der Waals surface area contributed by atoms with Gasteiger partial charge < -0.3 is 10.6 Å². The molecule has 0 aliphatic carbocycles. The first-order chi connectivity index (χ1) is 10.2. The first-order valence-electron chi connectivity index (χ1n) is 7.30. The van der Waals surface area contributed by atoms with E-state index < -0.39 is 0 Å². The molecule has 1 aliphatic heterocycles. The van der Waals surface area contributed by atoms with Gasteiger partial charge in [-0.3, -0.25) is 9.48 Å². The molecule has 5 nitrogen and oxygen atoms in total. The maximum absolute atomic E-state index is 12.3. The van der Waals surface area contributed by atoms with Crippen molar-refractivity contribution in [1.82, 2.24) is 20.4 Å². The van der Waals surface area contributed by atoms with Gasteiger partial charge >= 0.3 is 0 Å². The van der Waals surface area contributed by atoms with E-state index in [1.807, 2.05) is 36.0 Å². The number of nitrogens with zero attached hydrogens (tertiary/aromatic N) is 2. The Labute approximate surface area is 124 Å². The second-order valence-corrected chi connectivity index (χ2v) is 5.54. The molecule has 0 saturated heterocycles. The van der Waals surface area contributed by atoms with Gasteiger partial charge in [-0.05, 0) is 30.5 Å². The van der Waals surface area contributed by atoms with Gasteiger partial charge in [0.15, 0.2) is 0 Å². The van der Waals surface area contributed by atoms with Crippen LogP contribution in [0.5, 0.6) is 0 Å². The van der Waals surface area contributed by atoms with Crippen LogP contribution in [-0.2, 0) is 24.3 Å². The molecule has 21 heavy (non-hydrogen) atoms. The zero-order chi connectivity index (χ0) is 14.7. The topological polar surface area (TPSA) is 59.0 Å². The van der Waals surface area contributed by atoms with Crippen molar-refractivity contribution in [1.29, 1.82) is 0 Å². The highest BCUT2D eigenvalue weighted by Crippen LogP contribution is 2.16. The van der Waals surface area contributed by atoms with Gasteiger partial charge in [0.25, 0.3) is 0 Å². The molecule has 2 N–H and O–H groups in total. The predicted molar refractivity (Wildman–Crippen MR) is 80.6 cm³/mol. The number of fused-ring (bicyclic) bond motifs is 1. The number of hydrogen-bond acceptors (Lipinski definition) is 3. The number of carbonyl (C=O) groups is 1. The summed E-state index contributed by atoms with van der Waals surface area (Å²) >= 11 is 0. The lowest BCUT2D eigenvalue weighted by atomic mass is 9.95. The number of benzene rings is 1. The van der Waals surface area contributed by atoms with Gasteiger partial charge in [0.1, 0.15) is 0 Å². The van der Waals surface area contributed by atoms with E-state index in [4.69, 9.17) is 0 Å². The van der Waals surface area contributed by atoms with E-state index >= 15 is 0 Å². The molecule has 0 fully saturated rings. The summed E-state index contributed by atoms with van der Waals surface area (Å²) in [5, 5.41) is 10.5. The van der Waals surface area contributed by atoms with Crippen LogP contribution in [-0.4, -0.2) is 27.8 Å². The summed E-state index contributed by atoms with van der Waals surface area (Å²) in [7, 11) is 0. The van der Waals surface area contributed by atoms with Crippen LogP contribution >= 0.6 is 0 Å². The smallest absolute Gasteiger partial charge is 0.237 e. The van der Waals surface area contributed by atoms with Crippen LogP contribution < -0.4 is 10.6 Å². The molecule has 0 saturated carbocycles. The van der Waals surface area contributed by atoms with Crippen molar-refractivity contribution in [2.45, 2.75) is 38.5 Å². The van der Waals surface area contributed by atoms with E-state index in [1.54, 1.807) is 6.20 Å². The maximum Gasteiger partial charge on any atom is 0.237 e. The molecule has 0 bridgehead atoms. The fourth-order valence-corrected chi connectivity index (χ4v) is 2.72. The highest BCUT2D eigenvalue weighted by molar-refractivity contribution is 5.82. The van der Waals surface area contributed by atoms with Crippen LogP contribution in [0, 0.1) is 0 Å². The van der Waals surface area contributed by atoms with Crippen LogP contribution in [0.2, 0.25) is 0 Å². The predicted octanol–water partition coefficient (Wildman–Crippen LogP) is 1.10. The Morgan fingerprint density at radius 1 is 1.43 bits per heavy atom. The van der Waals surface area contributed by atoms with E-state index in [-0.39, 0.29) is 18.0 Å². The van der Waals surface area contributed by atoms with Crippen molar-refractivity contribution < 1.29 is 4.79 Å². The van der Waals surface area contributed by atoms with E-state index in [2.05, 4.69) is 27.9 Å². The second kappa shape index (κ2) is 6.10. The van der Waals surface area contributed by atoms with Crippen molar-refractivity contribution in [2.24, 2.45) is 0 Å². The Morgan fingerprint density at radius 3 is 3.00 bits per heavy atom.